The normalized spacial score (nSPS) is 24.5. The lowest BCUT2D eigenvalue weighted by molar-refractivity contribution is -0.140. The first-order valence-corrected chi connectivity index (χ1v) is 6.94. The van der Waals surface area contributed by atoms with E-state index in [1.54, 1.807) is 0 Å². The fourth-order valence-corrected chi connectivity index (χ4v) is 2.48. The van der Waals surface area contributed by atoms with Crippen molar-refractivity contribution in [1.29, 1.82) is 0 Å². The van der Waals surface area contributed by atoms with Crippen molar-refractivity contribution in [3.8, 4) is 0 Å². The summed E-state index contributed by atoms with van der Waals surface area (Å²) in [6.07, 6.45) is 5.86. The van der Waals surface area contributed by atoms with Gasteiger partial charge in [-0.05, 0) is 24.7 Å². The van der Waals surface area contributed by atoms with E-state index in [1.165, 1.54) is 19.3 Å². The van der Waals surface area contributed by atoms with Gasteiger partial charge in [0.15, 0.2) is 6.04 Å². The highest BCUT2D eigenvalue weighted by atomic mass is 16.4. The van der Waals surface area contributed by atoms with Crippen LogP contribution in [0.4, 0.5) is 4.79 Å². The zero-order valence-corrected chi connectivity index (χ0v) is 11.4. The molecule has 19 heavy (non-hydrogen) atoms. The molecule has 1 atom stereocenters. The summed E-state index contributed by atoms with van der Waals surface area (Å²) in [4.78, 5) is 22.1. The first-order chi connectivity index (χ1) is 9.06. The van der Waals surface area contributed by atoms with Gasteiger partial charge in [-0.3, -0.25) is 0 Å². The van der Waals surface area contributed by atoms with Gasteiger partial charge in [0.1, 0.15) is 0 Å². The summed E-state index contributed by atoms with van der Waals surface area (Å²) in [5.41, 5.74) is 0. The third kappa shape index (κ3) is 5.46. The minimum atomic E-state index is -1.24. The minimum absolute atomic E-state index is 0.478. The molecule has 0 saturated heterocycles. The summed E-state index contributed by atoms with van der Waals surface area (Å²) in [6, 6.07) is -1.77. The van der Waals surface area contributed by atoms with Gasteiger partial charge in [-0.2, -0.15) is 0 Å². The van der Waals surface area contributed by atoms with Crippen molar-refractivity contribution in [3.05, 3.63) is 0 Å². The van der Waals surface area contributed by atoms with Crippen molar-refractivity contribution in [1.82, 2.24) is 10.6 Å². The maximum absolute atomic E-state index is 11.5. The van der Waals surface area contributed by atoms with Crippen LogP contribution in [0.25, 0.3) is 0 Å². The van der Waals surface area contributed by atoms with E-state index in [9.17, 15) is 9.59 Å². The minimum Gasteiger partial charge on any atom is -0.480 e. The van der Waals surface area contributed by atoms with E-state index in [4.69, 9.17) is 10.2 Å². The molecule has 0 aromatic heterocycles. The van der Waals surface area contributed by atoms with Crippen LogP contribution in [0.1, 0.15) is 39.0 Å². The lowest BCUT2D eigenvalue weighted by Gasteiger charge is -2.28. The molecule has 4 N–H and O–H groups in total. The summed E-state index contributed by atoms with van der Waals surface area (Å²) in [7, 11) is 0. The molecule has 0 spiro atoms. The number of hydrogen-bond acceptors (Lipinski definition) is 3. The number of rotatable bonds is 6. The molecule has 1 fully saturated rings. The number of carboxylic acids is 1. The summed E-state index contributed by atoms with van der Waals surface area (Å²) < 4.78 is 0. The molecule has 6 heteroatoms. The van der Waals surface area contributed by atoms with Gasteiger partial charge < -0.3 is 20.8 Å². The standard InChI is InChI=1S/C13H24N2O4/c1-2-9-3-5-10(6-4-9)7-14-13(19)15-11(8-16)12(17)18/h9-11,16H,2-8H2,1H3,(H,17,18)(H2,14,15,19). The van der Waals surface area contributed by atoms with Crippen molar-refractivity contribution in [3.63, 3.8) is 0 Å². The number of carbonyl (C=O) groups is 2. The number of aliphatic hydroxyl groups is 1. The smallest absolute Gasteiger partial charge is 0.328 e. The Morgan fingerprint density at radius 3 is 2.26 bits per heavy atom. The Morgan fingerprint density at radius 2 is 1.79 bits per heavy atom. The van der Waals surface area contributed by atoms with Gasteiger partial charge >= 0.3 is 12.0 Å². The van der Waals surface area contributed by atoms with Crippen molar-refractivity contribution >= 4 is 12.0 Å². The lowest BCUT2D eigenvalue weighted by Crippen LogP contribution is -2.48. The van der Waals surface area contributed by atoms with Crippen molar-refractivity contribution in [2.75, 3.05) is 13.2 Å². The summed E-state index contributed by atoms with van der Waals surface area (Å²) in [5, 5.41) is 22.4. The van der Waals surface area contributed by atoms with E-state index in [1.807, 2.05) is 0 Å². The van der Waals surface area contributed by atoms with Crippen LogP contribution < -0.4 is 10.6 Å². The number of carboxylic acid groups (broad SMARTS) is 1. The Hall–Kier alpha value is -1.30. The van der Waals surface area contributed by atoms with E-state index >= 15 is 0 Å². The Kier molecular flexibility index (Phi) is 6.62. The number of nitrogens with one attached hydrogen (secondary N) is 2. The van der Waals surface area contributed by atoms with Gasteiger partial charge in [0.05, 0.1) is 6.61 Å². The fourth-order valence-electron chi connectivity index (χ4n) is 2.48. The number of aliphatic hydroxyl groups excluding tert-OH is 1. The molecule has 1 rings (SSSR count). The van der Waals surface area contributed by atoms with E-state index < -0.39 is 24.6 Å². The Labute approximate surface area is 113 Å². The summed E-state index contributed by atoms with van der Waals surface area (Å²) in [5.74, 6) is 0.0583. The fraction of sp³-hybridized carbons (Fsp3) is 0.846. The SMILES string of the molecule is CCC1CCC(CNC(=O)NC(CO)C(=O)O)CC1. The first kappa shape index (κ1) is 15.8. The van der Waals surface area contributed by atoms with Crippen LogP contribution in [-0.4, -0.2) is 41.4 Å². The molecule has 0 aromatic rings. The third-order valence-corrected chi connectivity index (χ3v) is 3.88. The van der Waals surface area contributed by atoms with Crippen LogP contribution in [0.15, 0.2) is 0 Å². The van der Waals surface area contributed by atoms with Crippen LogP contribution in [0.2, 0.25) is 0 Å². The molecular weight excluding hydrogens is 248 g/mol. The van der Waals surface area contributed by atoms with Gasteiger partial charge in [0, 0.05) is 6.54 Å². The monoisotopic (exact) mass is 272 g/mol. The topological polar surface area (TPSA) is 98.7 Å². The number of hydrogen-bond donors (Lipinski definition) is 4. The third-order valence-electron chi connectivity index (χ3n) is 3.88. The largest absolute Gasteiger partial charge is 0.480 e. The molecule has 0 aromatic carbocycles. The molecule has 110 valence electrons. The Morgan fingerprint density at radius 1 is 1.21 bits per heavy atom. The second kappa shape index (κ2) is 7.99. The predicted molar refractivity (Wildman–Crippen MR) is 70.8 cm³/mol. The Bertz CT molecular complexity index is 301. The molecule has 1 aliphatic rings. The maximum atomic E-state index is 11.5. The number of urea groups is 1. The summed E-state index contributed by atoms with van der Waals surface area (Å²) in [6.45, 7) is 2.17. The highest BCUT2D eigenvalue weighted by Gasteiger charge is 2.22. The molecule has 1 saturated carbocycles. The van der Waals surface area contributed by atoms with E-state index in [0.29, 0.717) is 12.5 Å². The highest BCUT2D eigenvalue weighted by Crippen LogP contribution is 2.29. The molecule has 1 aliphatic carbocycles. The maximum Gasteiger partial charge on any atom is 0.328 e. The molecule has 0 heterocycles. The van der Waals surface area contributed by atoms with E-state index in [2.05, 4.69) is 17.6 Å². The lowest BCUT2D eigenvalue weighted by atomic mass is 9.81. The van der Waals surface area contributed by atoms with Gasteiger partial charge in [0.2, 0.25) is 0 Å². The van der Waals surface area contributed by atoms with Crippen LogP contribution in [-0.2, 0) is 4.79 Å². The van der Waals surface area contributed by atoms with Gasteiger partial charge in [-0.25, -0.2) is 9.59 Å². The summed E-state index contributed by atoms with van der Waals surface area (Å²) >= 11 is 0. The van der Waals surface area contributed by atoms with Crippen LogP contribution in [0.5, 0.6) is 0 Å². The second-order valence-corrected chi connectivity index (χ2v) is 5.22. The number of aliphatic carboxylic acids is 1. The van der Waals surface area contributed by atoms with Crippen molar-refractivity contribution in [2.45, 2.75) is 45.1 Å². The molecule has 0 bridgehead atoms. The van der Waals surface area contributed by atoms with E-state index in [0.717, 1.165) is 18.8 Å². The van der Waals surface area contributed by atoms with Crippen molar-refractivity contribution < 1.29 is 19.8 Å². The predicted octanol–water partition coefficient (Wildman–Crippen LogP) is 0.947. The van der Waals surface area contributed by atoms with Crippen molar-refractivity contribution in [2.24, 2.45) is 11.8 Å². The number of amides is 2. The zero-order chi connectivity index (χ0) is 14.3. The number of carbonyl (C=O) groups excluding carboxylic acids is 1. The first-order valence-electron chi connectivity index (χ1n) is 6.94. The molecule has 6 nitrogen and oxygen atoms in total. The zero-order valence-electron chi connectivity index (χ0n) is 11.4. The molecule has 0 radical (unpaired) electrons. The average molecular weight is 272 g/mol. The van der Waals surface area contributed by atoms with Gasteiger partial charge in [-0.15, -0.1) is 0 Å². The van der Waals surface area contributed by atoms with E-state index in [-0.39, 0.29) is 0 Å². The molecule has 1 unspecified atom stereocenters. The van der Waals surface area contributed by atoms with Gasteiger partial charge in [0.25, 0.3) is 0 Å². The van der Waals surface area contributed by atoms with Crippen LogP contribution >= 0.6 is 0 Å². The van der Waals surface area contributed by atoms with Gasteiger partial charge in [-0.1, -0.05) is 26.2 Å². The molecule has 2 amide bonds. The van der Waals surface area contributed by atoms with Crippen LogP contribution in [0.3, 0.4) is 0 Å². The quantitative estimate of drug-likeness (QED) is 0.578. The molecular formula is C13H24N2O4. The second-order valence-electron chi connectivity index (χ2n) is 5.22. The average Bonchev–Trinajstić information content (AvgIpc) is 2.42. The molecule has 0 aliphatic heterocycles. The van der Waals surface area contributed by atoms with Crippen LogP contribution in [0, 0.1) is 11.8 Å². The Balaban J connectivity index is 2.22. The highest BCUT2D eigenvalue weighted by molar-refractivity contribution is 5.82.